The van der Waals surface area contributed by atoms with Gasteiger partial charge in [-0.3, -0.25) is 4.90 Å². The molecule has 2 rings (SSSR count). The van der Waals surface area contributed by atoms with Crippen LogP contribution in [0.1, 0.15) is 44.6 Å². The molecule has 0 amide bonds. The smallest absolute Gasteiger partial charge is 0.123 e. The largest absolute Gasteiger partial charge is 0.398 e. The summed E-state index contributed by atoms with van der Waals surface area (Å²) in [6.07, 6.45) is 6.53. The van der Waals surface area contributed by atoms with Crippen molar-refractivity contribution < 1.29 is 4.39 Å². The zero-order valence-electron chi connectivity index (χ0n) is 11.2. The third kappa shape index (κ3) is 3.22. The average Bonchev–Trinajstić information content (AvgIpc) is 2.41. The number of anilines is 1. The standard InChI is InChI=1S/C15H23FN2/c1-2-18(14-6-4-3-5-7-14)11-12-10-13(16)8-9-15(12)17/h8-10,14H,2-7,11,17H2,1H3. The van der Waals surface area contributed by atoms with E-state index in [0.717, 1.165) is 18.7 Å². The predicted molar refractivity (Wildman–Crippen MR) is 73.8 cm³/mol. The summed E-state index contributed by atoms with van der Waals surface area (Å²) in [5.74, 6) is -0.195. The van der Waals surface area contributed by atoms with Crippen LogP contribution in [0.25, 0.3) is 0 Å². The van der Waals surface area contributed by atoms with Gasteiger partial charge in [-0.25, -0.2) is 4.39 Å². The Balaban J connectivity index is 2.06. The summed E-state index contributed by atoms with van der Waals surface area (Å²) in [6, 6.07) is 5.31. The maximum absolute atomic E-state index is 13.3. The number of nitrogen functional groups attached to an aromatic ring is 1. The summed E-state index contributed by atoms with van der Waals surface area (Å²) in [4.78, 5) is 2.43. The van der Waals surface area contributed by atoms with Gasteiger partial charge in [-0.15, -0.1) is 0 Å². The Hall–Kier alpha value is -1.09. The third-order valence-corrected chi connectivity index (χ3v) is 3.98. The number of hydrogen-bond donors (Lipinski definition) is 1. The Kier molecular flexibility index (Phi) is 4.59. The highest BCUT2D eigenvalue weighted by Gasteiger charge is 2.20. The number of benzene rings is 1. The van der Waals surface area contributed by atoms with Crippen molar-refractivity contribution in [3.05, 3.63) is 29.6 Å². The Morgan fingerprint density at radius 2 is 2.00 bits per heavy atom. The number of nitrogens with zero attached hydrogens (tertiary/aromatic N) is 1. The molecule has 2 nitrogen and oxygen atoms in total. The van der Waals surface area contributed by atoms with Gasteiger partial charge in [-0.1, -0.05) is 26.2 Å². The van der Waals surface area contributed by atoms with E-state index in [1.165, 1.54) is 38.2 Å². The van der Waals surface area contributed by atoms with Crippen molar-refractivity contribution in [1.29, 1.82) is 0 Å². The highest BCUT2D eigenvalue weighted by Crippen LogP contribution is 2.25. The molecule has 1 aliphatic rings. The van der Waals surface area contributed by atoms with Gasteiger partial charge in [0, 0.05) is 18.3 Å². The van der Waals surface area contributed by atoms with Crippen molar-refractivity contribution in [2.45, 2.75) is 51.6 Å². The minimum atomic E-state index is -0.195. The summed E-state index contributed by atoms with van der Waals surface area (Å²) in [6.45, 7) is 3.94. The number of halogens is 1. The molecule has 18 heavy (non-hydrogen) atoms. The highest BCUT2D eigenvalue weighted by molar-refractivity contribution is 5.46. The molecule has 0 heterocycles. The summed E-state index contributed by atoms with van der Waals surface area (Å²) >= 11 is 0. The number of hydrogen-bond acceptors (Lipinski definition) is 2. The first-order chi connectivity index (χ1) is 8.70. The zero-order chi connectivity index (χ0) is 13.0. The number of nitrogens with two attached hydrogens (primary N) is 1. The van der Waals surface area contributed by atoms with Crippen LogP contribution in [0.15, 0.2) is 18.2 Å². The van der Waals surface area contributed by atoms with E-state index in [9.17, 15) is 4.39 Å². The second-order valence-electron chi connectivity index (χ2n) is 5.20. The molecule has 1 saturated carbocycles. The van der Waals surface area contributed by atoms with Crippen LogP contribution in [-0.4, -0.2) is 17.5 Å². The van der Waals surface area contributed by atoms with Crippen LogP contribution in [0.2, 0.25) is 0 Å². The van der Waals surface area contributed by atoms with E-state index in [1.54, 1.807) is 12.1 Å². The summed E-state index contributed by atoms with van der Waals surface area (Å²) in [5, 5.41) is 0. The molecule has 0 aliphatic heterocycles. The fourth-order valence-corrected chi connectivity index (χ4v) is 2.88. The molecule has 0 bridgehead atoms. The van der Waals surface area contributed by atoms with Gasteiger partial charge in [0.15, 0.2) is 0 Å². The molecule has 100 valence electrons. The topological polar surface area (TPSA) is 29.3 Å². The van der Waals surface area contributed by atoms with Gasteiger partial charge in [0.2, 0.25) is 0 Å². The van der Waals surface area contributed by atoms with Crippen molar-refractivity contribution in [3.8, 4) is 0 Å². The van der Waals surface area contributed by atoms with Crippen molar-refractivity contribution in [2.75, 3.05) is 12.3 Å². The molecule has 1 fully saturated rings. The Labute approximate surface area is 109 Å². The van der Waals surface area contributed by atoms with Gasteiger partial charge >= 0.3 is 0 Å². The maximum atomic E-state index is 13.3. The van der Waals surface area contributed by atoms with Crippen LogP contribution < -0.4 is 5.73 Å². The second-order valence-corrected chi connectivity index (χ2v) is 5.20. The van der Waals surface area contributed by atoms with Crippen molar-refractivity contribution in [1.82, 2.24) is 4.90 Å². The van der Waals surface area contributed by atoms with E-state index in [-0.39, 0.29) is 5.82 Å². The molecule has 2 N–H and O–H groups in total. The normalized spacial score (nSPS) is 17.3. The van der Waals surface area contributed by atoms with Gasteiger partial charge in [0.1, 0.15) is 5.82 Å². The zero-order valence-corrected chi connectivity index (χ0v) is 11.2. The van der Waals surface area contributed by atoms with Gasteiger partial charge in [0.25, 0.3) is 0 Å². The minimum Gasteiger partial charge on any atom is -0.398 e. The van der Waals surface area contributed by atoms with Crippen molar-refractivity contribution >= 4 is 5.69 Å². The van der Waals surface area contributed by atoms with Gasteiger partial charge in [0.05, 0.1) is 0 Å². The lowest BCUT2D eigenvalue weighted by Crippen LogP contribution is -2.36. The summed E-state index contributed by atoms with van der Waals surface area (Å²) in [7, 11) is 0. The van der Waals surface area contributed by atoms with Gasteiger partial charge in [-0.05, 0) is 43.1 Å². The maximum Gasteiger partial charge on any atom is 0.123 e. The molecule has 0 spiro atoms. The highest BCUT2D eigenvalue weighted by atomic mass is 19.1. The van der Waals surface area contributed by atoms with E-state index in [4.69, 9.17) is 5.73 Å². The van der Waals surface area contributed by atoms with E-state index in [2.05, 4.69) is 11.8 Å². The minimum absolute atomic E-state index is 0.195. The fraction of sp³-hybridized carbons (Fsp3) is 0.600. The lowest BCUT2D eigenvalue weighted by atomic mass is 9.94. The van der Waals surface area contributed by atoms with Gasteiger partial charge < -0.3 is 5.73 Å². The second kappa shape index (κ2) is 6.19. The molecule has 0 unspecified atom stereocenters. The molecule has 0 saturated heterocycles. The SMILES string of the molecule is CCN(Cc1cc(F)ccc1N)C1CCCCC1. The fourth-order valence-electron chi connectivity index (χ4n) is 2.88. The molecule has 1 aromatic carbocycles. The van der Waals surface area contributed by atoms with E-state index < -0.39 is 0 Å². The van der Waals surface area contributed by atoms with E-state index in [1.807, 2.05) is 0 Å². The molecule has 3 heteroatoms. The molecule has 1 aliphatic carbocycles. The summed E-state index contributed by atoms with van der Waals surface area (Å²) in [5.41, 5.74) is 7.55. The Morgan fingerprint density at radius 3 is 2.67 bits per heavy atom. The first-order valence-corrected chi connectivity index (χ1v) is 6.98. The average molecular weight is 250 g/mol. The summed E-state index contributed by atoms with van der Waals surface area (Å²) < 4.78 is 13.3. The van der Waals surface area contributed by atoms with Crippen LogP contribution in [0.5, 0.6) is 0 Å². The lowest BCUT2D eigenvalue weighted by molar-refractivity contribution is 0.156. The van der Waals surface area contributed by atoms with Crippen LogP contribution in [0.3, 0.4) is 0 Å². The molecule has 0 atom stereocenters. The van der Waals surface area contributed by atoms with E-state index >= 15 is 0 Å². The molecule has 1 aromatic rings. The van der Waals surface area contributed by atoms with Gasteiger partial charge in [-0.2, -0.15) is 0 Å². The van der Waals surface area contributed by atoms with Crippen LogP contribution >= 0.6 is 0 Å². The lowest BCUT2D eigenvalue weighted by Gasteiger charge is -2.33. The third-order valence-electron chi connectivity index (χ3n) is 3.98. The van der Waals surface area contributed by atoms with Crippen LogP contribution in [0, 0.1) is 5.82 Å². The first-order valence-electron chi connectivity index (χ1n) is 6.98. The molecular weight excluding hydrogens is 227 g/mol. The van der Waals surface area contributed by atoms with Crippen LogP contribution in [0.4, 0.5) is 10.1 Å². The quantitative estimate of drug-likeness (QED) is 0.828. The molecule has 0 radical (unpaired) electrons. The van der Waals surface area contributed by atoms with Crippen LogP contribution in [-0.2, 0) is 6.54 Å². The number of rotatable bonds is 4. The Morgan fingerprint density at radius 1 is 1.28 bits per heavy atom. The monoisotopic (exact) mass is 250 g/mol. The molecular formula is C15H23FN2. The van der Waals surface area contributed by atoms with Crippen molar-refractivity contribution in [2.24, 2.45) is 0 Å². The predicted octanol–water partition coefficient (Wildman–Crippen LogP) is 3.56. The van der Waals surface area contributed by atoms with Crippen molar-refractivity contribution in [3.63, 3.8) is 0 Å². The molecule has 0 aromatic heterocycles. The first kappa shape index (κ1) is 13.3. The van der Waals surface area contributed by atoms with E-state index in [0.29, 0.717) is 11.7 Å². The Bertz CT molecular complexity index is 386.